The van der Waals surface area contributed by atoms with Gasteiger partial charge >= 0.3 is 0 Å². The molecule has 4 nitrogen and oxygen atoms in total. The third-order valence-corrected chi connectivity index (χ3v) is 16.0. The Bertz CT molecular complexity index is 4090. The van der Waals surface area contributed by atoms with E-state index in [2.05, 4.69) is 271 Å². The van der Waals surface area contributed by atoms with Crippen LogP contribution in [0.15, 0.2) is 215 Å². The number of rotatable bonds is 10. The van der Waals surface area contributed by atoms with Crippen molar-refractivity contribution >= 4 is 99.5 Å². The Labute approximate surface area is 445 Å². The normalized spacial score (nSPS) is 11.9. The van der Waals surface area contributed by atoms with Crippen LogP contribution < -0.4 is 9.80 Å². The lowest BCUT2D eigenvalue weighted by atomic mass is 9.87. The summed E-state index contributed by atoms with van der Waals surface area (Å²) in [5.41, 5.74) is 21.9. The zero-order valence-corrected chi connectivity index (χ0v) is 44.5. The van der Waals surface area contributed by atoms with E-state index in [-0.39, 0.29) is 0 Å². The number of nitrogens with zero attached hydrogens (tertiary/aromatic N) is 2. The third kappa shape index (κ3) is 7.99. The van der Waals surface area contributed by atoms with E-state index in [1.807, 2.05) is 0 Å². The number of hydrogen-bond acceptors (Lipinski definition) is 4. The molecule has 2 heterocycles. The van der Waals surface area contributed by atoms with Crippen LogP contribution in [0, 0.1) is 27.7 Å². The van der Waals surface area contributed by atoms with Gasteiger partial charge in [0.2, 0.25) is 0 Å². The van der Waals surface area contributed by atoms with Gasteiger partial charge in [0.05, 0.1) is 0 Å². The van der Waals surface area contributed by atoms with E-state index in [9.17, 15) is 0 Å². The molecule has 0 aliphatic carbocycles. The van der Waals surface area contributed by atoms with Gasteiger partial charge in [-0.2, -0.15) is 0 Å². The summed E-state index contributed by atoms with van der Waals surface area (Å²) < 4.78 is 14.5. The first-order chi connectivity index (χ1) is 36.9. The van der Waals surface area contributed by atoms with Gasteiger partial charge in [-0.1, -0.05) is 137 Å². The largest absolute Gasteiger partial charge is 0.452 e. The average molecular weight is 985 g/mol. The maximum Gasteiger partial charge on any atom is 0.179 e. The van der Waals surface area contributed by atoms with Crippen LogP contribution >= 0.6 is 0 Å². The van der Waals surface area contributed by atoms with Crippen molar-refractivity contribution in [3.63, 3.8) is 0 Å². The molecule has 11 aromatic carbocycles. The molecule has 0 aliphatic heterocycles. The lowest BCUT2D eigenvalue weighted by molar-refractivity contribution is 0.634. The fraction of sp³-hybridized carbons (Fsp3) is 0.139. The summed E-state index contributed by atoms with van der Waals surface area (Å²) in [4.78, 5) is 4.74. The summed E-state index contributed by atoms with van der Waals surface area (Å²) in [6.07, 6.45) is 0. The van der Waals surface area contributed by atoms with Crippen LogP contribution in [-0.4, -0.2) is 0 Å². The minimum atomic E-state index is 0.445. The summed E-state index contributed by atoms with van der Waals surface area (Å²) in [5.74, 6) is 0.889. The molecule has 0 spiro atoms. The fourth-order valence-corrected chi connectivity index (χ4v) is 11.4. The van der Waals surface area contributed by atoms with Crippen molar-refractivity contribution in [1.82, 2.24) is 0 Å². The van der Waals surface area contributed by atoms with Crippen LogP contribution in [0.5, 0.6) is 0 Å². The molecule has 4 heteroatoms. The smallest absolute Gasteiger partial charge is 0.179 e. The molecule has 13 aromatic rings. The summed E-state index contributed by atoms with van der Waals surface area (Å²) in [6, 6.07) is 75.9. The lowest BCUT2D eigenvalue weighted by Crippen LogP contribution is -2.10. The first kappa shape index (κ1) is 46.9. The quantitative estimate of drug-likeness (QED) is 0.137. The van der Waals surface area contributed by atoms with Crippen LogP contribution in [0.4, 0.5) is 34.1 Å². The molecule has 0 saturated carbocycles. The SMILES string of the molecule is Cc1ccc(N(c2ccc(C(C)C)cc2)c2ccc3cc4c(cc3c2)oc2c3oc5cc6cc(N(c7ccc(C(C)C)cc7)c7ccc(C)c(C)c7)ccc6cc5c3c(-c3ccccc3)c(-c3ccccc3)c42)cc1C. The monoisotopic (exact) mass is 984 g/mol. The Morgan fingerprint density at radius 1 is 0.316 bits per heavy atom. The lowest BCUT2D eigenvalue weighted by Gasteiger charge is -2.27. The first-order valence-corrected chi connectivity index (χ1v) is 26.8. The summed E-state index contributed by atoms with van der Waals surface area (Å²) in [6.45, 7) is 17.7. The molecule has 0 radical (unpaired) electrons. The van der Waals surface area contributed by atoms with E-state index in [0.717, 1.165) is 122 Å². The van der Waals surface area contributed by atoms with Gasteiger partial charge in [-0.15, -0.1) is 0 Å². The second-order valence-corrected chi connectivity index (χ2v) is 21.6. The van der Waals surface area contributed by atoms with E-state index < -0.39 is 0 Å². The van der Waals surface area contributed by atoms with E-state index in [0.29, 0.717) is 11.8 Å². The minimum absolute atomic E-state index is 0.445. The molecule has 0 bridgehead atoms. The molecule has 0 fully saturated rings. The van der Waals surface area contributed by atoms with Crippen molar-refractivity contribution in [2.45, 2.75) is 67.2 Å². The Balaban J connectivity index is 1.04. The summed E-state index contributed by atoms with van der Waals surface area (Å²) >= 11 is 0. The van der Waals surface area contributed by atoms with Gasteiger partial charge in [0.15, 0.2) is 11.2 Å². The highest BCUT2D eigenvalue weighted by molar-refractivity contribution is 6.31. The predicted molar refractivity (Wildman–Crippen MR) is 323 cm³/mol. The standard InChI is InChI=1S/C72H60N2O2/c1-43(2)49-21-29-57(30-22-49)73(59-27-19-45(5)47(7)35-59)61-33-25-53-39-63-65(41-55(53)37-61)75-71-69(63)67(51-15-11-9-12-16-51)68(52-17-13-10-14-18-52)70-64-40-54-26-34-62(38-56(54)42-66(64)76-72(70)71)74(60-28-20-46(6)48(8)36-60)58-31-23-50(24-32-58)44(3)4/h9-44H,1-8H3. The molecule has 76 heavy (non-hydrogen) atoms. The van der Waals surface area contributed by atoms with Crippen LogP contribution in [-0.2, 0) is 0 Å². The summed E-state index contributed by atoms with van der Waals surface area (Å²) in [7, 11) is 0. The Morgan fingerprint density at radius 3 is 1.04 bits per heavy atom. The van der Waals surface area contributed by atoms with Gasteiger partial charge < -0.3 is 18.6 Å². The summed E-state index contributed by atoms with van der Waals surface area (Å²) in [5, 5.41) is 8.62. The van der Waals surface area contributed by atoms with E-state index >= 15 is 0 Å². The van der Waals surface area contributed by atoms with Gasteiger partial charge in [-0.3, -0.25) is 0 Å². The molecule has 0 aliphatic rings. The first-order valence-electron chi connectivity index (χ1n) is 26.8. The Morgan fingerprint density at radius 2 is 0.671 bits per heavy atom. The Kier molecular flexibility index (Phi) is 11.4. The van der Waals surface area contributed by atoms with Gasteiger partial charge in [0.25, 0.3) is 0 Å². The second kappa shape index (κ2) is 18.5. The van der Waals surface area contributed by atoms with Crippen LogP contribution in [0.25, 0.3) is 87.7 Å². The number of benzene rings is 11. The fourth-order valence-electron chi connectivity index (χ4n) is 11.4. The number of furan rings is 2. The maximum absolute atomic E-state index is 7.26. The topological polar surface area (TPSA) is 32.8 Å². The number of hydrogen-bond donors (Lipinski definition) is 0. The van der Waals surface area contributed by atoms with E-state index in [1.165, 1.54) is 33.4 Å². The maximum atomic E-state index is 7.26. The van der Waals surface area contributed by atoms with Gasteiger partial charge in [0, 0.05) is 66.8 Å². The third-order valence-electron chi connectivity index (χ3n) is 16.0. The van der Waals surface area contributed by atoms with Crippen LogP contribution in [0.3, 0.4) is 0 Å². The molecule has 2 aromatic heterocycles. The van der Waals surface area contributed by atoms with Crippen molar-refractivity contribution in [1.29, 1.82) is 0 Å². The highest BCUT2D eigenvalue weighted by atomic mass is 16.4. The van der Waals surface area contributed by atoms with Crippen LogP contribution in [0.1, 0.15) is 72.9 Å². The highest BCUT2D eigenvalue weighted by Gasteiger charge is 2.28. The molecule has 0 saturated heterocycles. The van der Waals surface area contributed by atoms with Gasteiger partial charge in [-0.05, 0) is 203 Å². The molecule has 0 unspecified atom stereocenters. The molecule has 370 valence electrons. The molecule has 0 N–H and O–H groups in total. The van der Waals surface area contributed by atoms with Crippen molar-refractivity contribution < 1.29 is 8.83 Å². The highest BCUT2D eigenvalue weighted by Crippen LogP contribution is 2.52. The second-order valence-electron chi connectivity index (χ2n) is 21.6. The average Bonchev–Trinajstić information content (AvgIpc) is 4.18. The molecular formula is C72H60N2O2. The molecule has 13 rings (SSSR count). The van der Waals surface area contributed by atoms with Crippen molar-refractivity contribution in [2.24, 2.45) is 0 Å². The number of anilines is 6. The van der Waals surface area contributed by atoms with Crippen molar-refractivity contribution in [3.8, 4) is 22.3 Å². The van der Waals surface area contributed by atoms with Gasteiger partial charge in [0.1, 0.15) is 11.2 Å². The number of fused-ring (bicyclic) bond motifs is 9. The Hall–Kier alpha value is -8.86. The molecule has 0 atom stereocenters. The van der Waals surface area contributed by atoms with Crippen molar-refractivity contribution in [2.75, 3.05) is 9.80 Å². The predicted octanol–water partition coefficient (Wildman–Crippen LogP) is 21.5. The zero-order chi connectivity index (χ0) is 51.9. The molecular weight excluding hydrogens is 925 g/mol. The van der Waals surface area contributed by atoms with E-state index in [4.69, 9.17) is 8.83 Å². The molecule has 0 amide bonds. The van der Waals surface area contributed by atoms with Gasteiger partial charge in [-0.25, -0.2) is 0 Å². The zero-order valence-electron chi connectivity index (χ0n) is 44.5. The van der Waals surface area contributed by atoms with E-state index in [1.54, 1.807) is 0 Å². The minimum Gasteiger partial charge on any atom is -0.452 e. The van der Waals surface area contributed by atoms with Crippen LogP contribution in [0.2, 0.25) is 0 Å². The van der Waals surface area contributed by atoms with Crippen molar-refractivity contribution in [3.05, 3.63) is 240 Å². The number of aryl methyl sites for hydroxylation is 4.